The molecule has 3 unspecified atom stereocenters. The van der Waals surface area contributed by atoms with Crippen molar-refractivity contribution in [3.63, 3.8) is 0 Å². The Hall–Kier alpha value is -0.820. The number of rotatable bonds is 0. The minimum atomic E-state index is -0.395. The summed E-state index contributed by atoms with van der Waals surface area (Å²) in [4.78, 5) is 0. The second-order valence-electron chi connectivity index (χ2n) is 8.92. The number of aliphatic hydroxyl groups is 3. The lowest BCUT2D eigenvalue weighted by molar-refractivity contribution is -0.105. The lowest BCUT2D eigenvalue weighted by atomic mass is 9.47. The Labute approximate surface area is 146 Å². The van der Waals surface area contributed by atoms with Crippen molar-refractivity contribution in [1.29, 1.82) is 0 Å². The molecular formula is C21H32O3. The summed E-state index contributed by atoms with van der Waals surface area (Å²) in [7, 11) is 0. The van der Waals surface area contributed by atoms with Gasteiger partial charge in [-0.2, -0.15) is 0 Å². The number of hydrogen-bond donors (Lipinski definition) is 3. The zero-order valence-corrected chi connectivity index (χ0v) is 15.0. The van der Waals surface area contributed by atoms with Gasteiger partial charge in [-0.3, -0.25) is 0 Å². The van der Waals surface area contributed by atoms with Crippen molar-refractivity contribution >= 4 is 0 Å². The fourth-order valence-electron chi connectivity index (χ4n) is 6.60. The Kier molecular flexibility index (Phi) is 4.62. The molecule has 3 fully saturated rings. The van der Waals surface area contributed by atoms with E-state index in [2.05, 4.69) is 32.8 Å². The molecule has 4 aliphatic carbocycles. The van der Waals surface area contributed by atoms with Gasteiger partial charge in [-0.1, -0.05) is 25.5 Å². The molecule has 24 heavy (non-hydrogen) atoms. The topological polar surface area (TPSA) is 60.7 Å². The molecule has 134 valence electrons. The minimum Gasteiger partial charge on any atom is -0.393 e. The van der Waals surface area contributed by atoms with E-state index in [0.29, 0.717) is 17.8 Å². The summed E-state index contributed by atoms with van der Waals surface area (Å²) >= 11 is 0. The second kappa shape index (κ2) is 6.16. The van der Waals surface area contributed by atoms with Crippen molar-refractivity contribution in [2.24, 2.45) is 28.6 Å². The average Bonchev–Trinajstić information content (AvgIpc) is 2.87. The largest absolute Gasteiger partial charge is 0.393 e. The van der Waals surface area contributed by atoms with Crippen LogP contribution in [0, 0.1) is 41.4 Å². The first-order chi connectivity index (χ1) is 11.4. The average molecular weight is 332 g/mol. The van der Waals surface area contributed by atoms with Crippen molar-refractivity contribution < 1.29 is 15.3 Å². The van der Waals surface area contributed by atoms with Crippen LogP contribution in [-0.2, 0) is 0 Å². The van der Waals surface area contributed by atoms with E-state index in [1.165, 1.54) is 5.57 Å². The van der Waals surface area contributed by atoms with Gasteiger partial charge in [0.25, 0.3) is 0 Å². The van der Waals surface area contributed by atoms with Crippen LogP contribution in [0.25, 0.3) is 0 Å². The molecule has 0 aromatic heterocycles. The van der Waals surface area contributed by atoms with E-state index in [-0.39, 0.29) is 23.0 Å². The Morgan fingerprint density at radius 3 is 2.38 bits per heavy atom. The van der Waals surface area contributed by atoms with Crippen LogP contribution in [-0.4, -0.2) is 33.6 Å². The van der Waals surface area contributed by atoms with Gasteiger partial charge in [-0.25, -0.2) is 0 Å². The van der Waals surface area contributed by atoms with Crippen LogP contribution >= 0.6 is 0 Å². The molecule has 0 bridgehead atoms. The quantitative estimate of drug-likeness (QED) is 0.472. The van der Waals surface area contributed by atoms with Gasteiger partial charge >= 0.3 is 0 Å². The van der Waals surface area contributed by atoms with Gasteiger partial charge in [0.15, 0.2) is 0 Å². The van der Waals surface area contributed by atoms with E-state index in [9.17, 15) is 15.3 Å². The van der Waals surface area contributed by atoms with Gasteiger partial charge in [-0.15, -0.1) is 12.8 Å². The van der Waals surface area contributed by atoms with Crippen molar-refractivity contribution in [3.8, 4) is 12.8 Å². The van der Waals surface area contributed by atoms with Crippen LogP contribution in [0.1, 0.15) is 58.8 Å². The summed E-state index contributed by atoms with van der Waals surface area (Å²) in [6, 6.07) is 0. The molecule has 0 saturated heterocycles. The van der Waals surface area contributed by atoms with Crippen LogP contribution in [0.3, 0.4) is 0 Å². The van der Waals surface area contributed by atoms with Crippen molar-refractivity contribution in [2.75, 3.05) is 0 Å². The van der Waals surface area contributed by atoms with E-state index in [1.54, 1.807) is 0 Å². The van der Waals surface area contributed by atoms with Gasteiger partial charge in [0.1, 0.15) is 0 Å². The molecule has 0 radical (unpaired) electrons. The van der Waals surface area contributed by atoms with E-state index >= 15 is 0 Å². The number of fused-ring (bicyclic) bond motifs is 5. The van der Waals surface area contributed by atoms with Gasteiger partial charge in [0.05, 0.1) is 18.3 Å². The Balaban J connectivity index is 0.000000815. The van der Waals surface area contributed by atoms with E-state index in [0.717, 1.165) is 44.9 Å². The normalized spacial score (nSPS) is 52.9. The van der Waals surface area contributed by atoms with Gasteiger partial charge in [0.2, 0.25) is 0 Å². The zero-order chi connectivity index (χ0) is 17.7. The van der Waals surface area contributed by atoms with Crippen LogP contribution in [0.2, 0.25) is 0 Å². The molecule has 0 amide bonds. The van der Waals surface area contributed by atoms with Crippen LogP contribution < -0.4 is 0 Å². The molecule has 0 aromatic carbocycles. The third-order valence-corrected chi connectivity index (χ3v) is 8.05. The molecule has 0 aliphatic heterocycles. The summed E-state index contributed by atoms with van der Waals surface area (Å²) in [5, 5.41) is 31.3. The summed E-state index contributed by atoms with van der Waals surface area (Å²) in [6.07, 6.45) is 16.0. The van der Waals surface area contributed by atoms with Gasteiger partial charge < -0.3 is 15.3 Å². The molecule has 3 nitrogen and oxygen atoms in total. The first-order valence-corrected chi connectivity index (χ1v) is 9.45. The summed E-state index contributed by atoms with van der Waals surface area (Å²) in [5.41, 5.74) is 1.44. The standard InChI is InChI=1S/C19H30O3.C2H2/c1-18-7-5-12(20)9-11(18)10-15(21)17-13-3-4-16(22)19(13,2)8-6-14(17)18;1-2/h10,12-17,20-22H,3-9H2,1-2H3;1-2H/t12-,13?,14?,15-,16-,17?,18-,19-;/m0./s1. The number of aliphatic hydroxyl groups excluding tert-OH is 3. The second-order valence-corrected chi connectivity index (χ2v) is 8.92. The fraction of sp³-hybridized carbons (Fsp3) is 0.810. The first kappa shape index (κ1) is 18.0. The molecule has 0 spiro atoms. The molecule has 4 rings (SSSR count). The van der Waals surface area contributed by atoms with E-state index < -0.39 is 6.10 Å². The smallest absolute Gasteiger partial charge is 0.0757 e. The third kappa shape index (κ3) is 2.38. The molecule has 3 heteroatoms. The lowest BCUT2D eigenvalue weighted by Crippen LogP contribution is -2.55. The maximum Gasteiger partial charge on any atom is 0.0757 e. The third-order valence-electron chi connectivity index (χ3n) is 8.05. The Morgan fingerprint density at radius 1 is 0.958 bits per heavy atom. The molecular weight excluding hydrogens is 300 g/mol. The van der Waals surface area contributed by atoms with Gasteiger partial charge in [-0.05, 0) is 73.5 Å². The molecule has 3 saturated carbocycles. The highest BCUT2D eigenvalue weighted by Gasteiger charge is 2.60. The highest BCUT2D eigenvalue weighted by molar-refractivity contribution is 5.27. The van der Waals surface area contributed by atoms with Crippen molar-refractivity contribution in [2.45, 2.75) is 77.1 Å². The van der Waals surface area contributed by atoms with Crippen LogP contribution in [0.15, 0.2) is 11.6 Å². The lowest BCUT2D eigenvalue weighted by Gasteiger charge is -2.58. The first-order valence-electron chi connectivity index (χ1n) is 9.45. The summed E-state index contributed by atoms with van der Waals surface area (Å²) < 4.78 is 0. The SMILES string of the molecule is C#C.C[C@]12CC[C@H](O)CC1=C[C@H](O)C1C2CC[C@@]2(C)C1CC[C@@H]2O. The highest BCUT2D eigenvalue weighted by Crippen LogP contribution is 2.64. The maximum atomic E-state index is 10.9. The van der Waals surface area contributed by atoms with E-state index in [1.807, 2.05) is 0 Å². The Morgan fingerprint density at radius 2 is 1.67 bits per heavy atom. The van der Waals surface area contributed by atoms with Crippen molar-refractivity contribution in [3.05, 3.63) is 11.6 Å². The maximum absolute atomic E-state index is 10.9. The monoisotopic (exact) mass is 332 g/mol. The summed E-state index contributed by atoms with van der Waals surface area (Å²) in [6.45, 7) is 4.60. The highest BCUT2D eigenvalue weighted by atomic mass is 16.3. The zero-order valence-electron chi connectivity index (χ0n) is 15.0. The fourth-order valence-corrected chi connectivity index (χ4v) is 6.60. The van der Waals surface area contributed by atoms with E-state index in [4.69, 9.17) is 0 Å². The predicted octanol–water partition coefficient (Wildman–Crippen LogP) is 2.89. The van der Waals surface area contributed by atoms with Crippen LogP contribution in [0.4, 0.5) is 0 Å². The molecule has 8 atom stereocenters. The van der Waals surface area contributed by atoms with Crippen LogP contribution in [0.5, 0.6) is 0 Å². The predicted molar refractivity (Wildman–Crippen MR) is 95.0 cm³/mol. The number of terminal acetylenes is 1. The minimum absolute atomic E-state index is 0.00195. The Bertz CT molecular complexity index is 538. The number of hydrogen-bond acceptors (Lipinski definition) is 3. The molecule has 4 aliphatic rings. The van der Waals surface area contributed by atoms with Gasteiger partial charge in [0, 0.05) is 0 Å². The molecule has 0 aromatic rings. The molecule has 0 heterocycles. The van der Waals surface area contributed by atoms with Crippen molar-refractivity contribution in [1.82, 2.24) is 0 Å². The molecule has 3 N–H and O–H groups in total. The summed E-state index contributed by atoms with van der Waals surface area (Å²) in [5.74, 6) is 1.25.